The van der Waals surface area contributed by atoms with Crippen LogP contribution in [0.15, 0.2) is 6.20 Å². The van der Waals surface area contributed by atoms with E-state index in [1.165, 1.54) is 17.9 Å². The van der Waals surface area contributed by atoms with Crippen LogP contribution in [-0.2, 0) is 11.8 Å². The second kappa shape index (κ2) is 5.83. The molecule has 0 fully saturated rings. The lowest BCUT2D eigenvalue weighted by atomic mass is 10.4. The number of rotatable bonds is 5. The molecule has 0 aliphatic heterocycles. The van der Waals surface area contributed by atoms with Crippen molar-refractivity contribution < 1.29 is 23.8 Å². The predicted octanol–water partition coefficient (Wildman–Crippen LogP) is 1.03. The number of halogens is 1. The number of aryl methyl sites for hydroxylation is 1. The molecule has 0 saturated heterocycles. The highest BCUT2D eigenvalue weighted by atomic mass is 19.1. The molecule has 1 aromatic heterocycles. The van der Waals surface area contributed by atoms with Gasteiger partial charge in [-0.15, -0.1) is 0 Å². The minimum Gasteiger partial charge on any atom is -0.476 e. The zero-order valence-electron chi connectivity index (χ0n) is 9.14. The summed E-state index contributed by atoms with van der Waals surface area (Å²) in [5, 5.41) is 14.7. The van der Waals surface area contributed by atoms with Crippen LogP contribution in [0.3, 0.4) is 0 Å². The van der Waals surface area contributed by atoms with Crippen molar-refractivity contribution in [1.82, 2.24) is 9.78 Å². The van der Waals surface area contributed by atoms with Gasteiger partial charge in [0.1, 0.15) is 0 Å². The van der Waals surface area contributed by atoms with E-state index in [1.807, 2.05) is 0 Å². The average molecular weight is 245 g/mol. The third kappa shape index (κ3) is 3.74. The Morgan fingerprint density at radius 1 is 1.65 bits per heavy atom. The highest BCUT2D eigenvalue weighted by Crippen LogP contribution is 2.13. The molecular formula is C9H12FN3O4. The Bertz CT molecular complexity index is 418. The van der Waals surface area contributed by atoms with E-state index < -0.39 is 18.7 Å². The molecule has 1 heterocycles. The Hall–Kier alpha value is -2.12. The van der Waals surface area contributed by atoms with Crippen molar-refractivity contribution in [1.29, 1.82) is 0 Å². The van der Waals surface area contributed by atoms with Crippen LogP contribution >= 0.6 is 0 Å². The summed E-state index contributed by atoms with van der Waals surface area (Å²) in [6.07, 6.45) is 0.598. The van der Waals surface area contributed by atoms with E-state index in [-0.39, 0.29) is 24.4 Å². The van der Waals surface area contributed by atoms with Gasteiger partial charge in [-0.25, -0.2) is 9.59 Å². The van der Waals surface area contributed by atoms with Crippen molar-refractivity contribution in [2.75, 3.05) is 18.6 Å². The zero-order chi connectivity index (χ0) is 12.8. The number of carbonyl (C=O) groups is 2. The number of ether oxygens (including phenoxy) is 1. The molecule has 7 nitrogen and oxygen atoms in total. The van der Waals surface area contributed by atoms with Crippen LogP contribution < -0.4 is 5.32 Å². The number of amides is 1. The Kier molecular flexibility index (Phi) is 4.44. The van der Waals surface area contributed by atoms with Gasteiger partial charge in [0.2, 0.25) is 0 Å². The molecular weight excluding hydrogens is 233 g/mol. The van der Waals surface area contributed by atoms with Gasteiger partial charge < -0.3 is 9.84 Å². The third-order valence-electron chi connectivity index (χ3n) is 1.78. The topological polar surface area (TPSA) is 93.5 Å². The number of anilines is 1. The molecule has 2 N–H and O–H groups in total. The molecule has 0 atom stereocenters. The first-order valence-electron chi connectivity index (χ1n) is 4.81. The number of aromatic nitrogens is 2. The van der Waals surface area contributed by atoms with Gasteiger partial charge >= 0.3 is 12.1 Å². The van der Waals surface area contributed by atoms with Crippen molar-refractivity contribution in [3.8, 4) is 0 Å². The lowest BCUT2D eigenvalue weighted by Gasteiger charge is -2.04. The molecule has 1 aromatic rings. The van der Waals surface area contributed by atoms with Crippen molar-refractivity contribution >= 4 is 17.7 Å². The SMILES string of the molecule is Cn1cc(NC(=O)OCCCF)c(C(=O)O)n1. The first-order valence-corrected chi connectivity index (χ1v) is 4.81. The Labute approximate surface area is 96.2 Å². The zero-order valence-corrected chi connectivity index (χ0v) is 9.14. The van der Waals surface area contributed by atoms with Crippen molar-refractivity contribution in [3.63, 3.8) is 0 Å². The van der Waals surface area contributed by atoms with Crippen LogP contribution in [-0.4, -0.2) is 40.2 Å². The second-order valence-corrected chi connectivity index (χ2v) is 3.17. The fourth-order valence-electron chi connectivity index (χ4n) is 1.10. The molecule has 0 saturated carbocycles. The molecule has 0 aromatic carbocycles. The normalized spacial score (nSPS) is 10.0. The van der Waals surface area contributed by atoms with Gasteiger partial charge in [0.15, 0.2) is 5.69 Å². The summed E-state index contributed by atoms with van der Waals surface area (Å²) in [4.78, 5) is 21.9. The van der Waals surface area contributed by atoms with Crippen molar-refractivity contribution in [3.05, 3.63) is 11.9 Å². The van der Waals surface area contributed by atoms with Gasteiger partial charge in [-0.1, -0.05) is 0 Å². The van der Waals surface area contributed by atoms with Crippen LogP contribution in [0.5, 0.6) is 0 Å². The molecule has 1 rings (SSSR count). The Balaban J connectivity index is 2.61. The van der Waals surface area contributed by atoms with Gasteiger partial charge in [-0.2, -0.15) is 5.10 Å². The molecule has 0 aliphatic carbocycles. The summed E-state index contributed by atoms with van der Waals surface area (Å²) in [6, 6.07) is 0. The fraction of sp³-hybridized carbons (Fsp3) is 0.444. The third-order valence-corrected chi connectivity index (χ3v) is 1.78. The summed E-state index contributed by atoms with van der Waals surface area (Å²) in [7, 11) is 1.52. The fourth-order valence-corrected chi connectivity index (χ4v) is 1.10. The van der Waals surface area contributed by atoms with Gasteiger partial charge in [-0.3, -0.25) is 14.4 Å². The van der Waals surface area contributed by atoms with E-state index in [2.05, 4.69) is 15.2 Å². The number of carboxylic acid groups (broad SMARTS) is 1. The maximum atomic E-state index is 11.7. The van der Waals surface area contributed by atoms with E-state index in [4.69, 9.17) is 5.11 Å². The second-order valence-electron chi connectivity index (χ2n) is 3.17. The standard InChI is InChI=1S/C9H12FN3O4/c1-13-5-6(7(12-13)8(14)15)11-9(16)17-4-2-3-10/h5H,2-4H2,1H3,(H,11,16)(H,14,15). The average Bonchev–Trinajstić information content (AvgIpc) is 2.60. The lowest BCUT2D eigenvalue weighted by molar-refractivity contribution is 0.0690. The molecule has 1 amide bonds. The minimum absolute atomic E-state index is 0.0326. The summed E-state index contributed by atoms with van der Waals surface area (Å²) >= 11 is 0. The largest absolute Gasteiger partial charge is 0.476 e. The van der Waals surface area contributed by atoms with Crippen LogP contribution in [0.4, 0.5) is 14.9 Å². The van der Waals surface area contributed by atoms with E-state index in [0.29, 0.717) is 0 Å². The summed E-state index contributed by atoms with van der Waals surface area (Å²) in [6.45, 7) is -0.647. The number of hydrogen-bond acceptors (Lipinski definition) is 4. The Morgan fingerprint density at radius 3 is 2.94 bits per heavy atom. The molecule has 0 bridgehead atoms. The monoisotopic (exact) mass is 245 g/mol. The number of nitrogens with zero attached hydrogens (tertiary/aromatic N) is 2. The number of carboxylic acids is 1. The number of nitrogens with one attached hydrogen (secondary N) is 1. The summed E-state index contributed by atoms with van der Waals surface area (Å²) in [5.74, 6) is -1.26. The molecule has 0 aliphatic rings. The van der Waals surface area contributed by atoms with Crippen LogP contribution in [0.2, 0.25) is 0 Å². The van der Waals surface area contributed by atoms with E-state index in [1.54, 1.807) is 0 Å². The quantitative estimate of drug-likeness (QED) is 0.755. The lowest BCUT2D eigenvalue weighted by Crippen LogP contribution is -2.16. The first kappa shape index (κ1) is 12.9. The first-order chi connectivity index (χ1) is 8.04. The molecule has 0 spiro atoms. The van der Waals surface area contributed by atoms with Gasteiger partial charge in [0.05, 0.1) is 19.0 Å². The molecule has 8 heteroatoms. The Morgan fingerprint density at radius 2 is 2.35 bits per heavy atom. The van der Waals surface area contributed by atoms with Crippen LogP contribution in [0.1, 0.15) is 16.9 Å². The van der Waals surface area contributed by atoms with E-state index >= 15 is 0 Å². The minimum atomic E-state index is -1.26. The molecule has 0 radical (unpaired) electrons. The van der Waals surface area contributed by atoms with Gasteiger partial charge in [0, 0.05) is 19.7 Å². The number of alkyl halides is 1. The van der Waals surface area contributed by atoms with E-state index in [0.717, 1.165) is 0 Å². The molecule has 94 valence electrons. The van der Waals surface area contributed by atoms with Crippen LogP contribution in [0.25, 0.3) is 0 Å². The molecule has 17 heavy (non-hydrogen) atoms. The van der Waals surface area contributed by atoms with Gasteiger partial charge in [0.25, 0.3) is 0 Å². The van der Waals surface area contributed by atoms with E-state index in [9.17, 15) is 14.0 Å². The summed E-state index contributed by atoms with van der Waals surface area (Å²) < 4.78 is 17.6. The predicted molar refractivity (Wildman–Crippen MR) is 55.7 cm³/mol. The van der Waals surface area contributed by atoms with Crippen LogP contribution in [0, 0.1) is 0 Å². The number of aromatic carboxylic acids is 1. The number of hydrogen-bond donors (Lipinski definition) is 2. The highest BCUT2D eigenvalue weighted by molar-refractivity contribution is 5.96. The molecule has 0 unspecified atom stereocenters. The summed E-state index contributed by atoms with van der Waals surface area (Å²) in [5.41, 5.74) is -0.250. The van der Waals surface area contributed by atoms with Crippen molar-refractivity contribution in [2.24, 2.45) is 7.05 Å². The highest BCUT2D eigenvalue weighted by Gasteiger charge is 2.17. The van der Waals surface area contributed by atoms with Gasteiger partial charge in [-0.05, 0) is 0 Å². The maximum absolute atomic E-state index is 11.7. The maximum Gasteiger partial charge on any atom is 0.411 e. The number of carbonyl (C=O) groups excluding carboxylic acids is 1. The van der Waals surface area contributed by atoms with Crippen molar-refractivity contribution in [2.45, 2.75) is 6.42 Å². The smallest absolute Gasteiger partial charge is 0.411 e.